The zero-order valence-corrected chi connectivity index (χ0v) is 15.6. The Morgan fingerprint density at radius 3 is 2.46 bits per heavy atom. The highest BCUT2D eigenvalue weighted by atomic mass is 19.1. The molecule has 0 radical (unpaired) electrons. The van der Waals surface area contributed by atoms with E-state index >= 15 is 0 Å². The highest BCUT2D eigenvalue weighted by molar-refractivity contribution is 5.22. The lowest BCUT2D eigenvalue weighted by molar-refractivity contribution is 0.0892. The first-order valence-corrected chi connectivity index (χ1v) is 10.1. The summed E-state index contributed by atoms with van der Waals surface area (Å²) in [5.74, 6) is 2.03. The summed E-state index contributed by atoms with van der Waals surface area (Å²) >= 11 is 0. The highest BCUT2D eigenvalue weighted by Crippen LogP contribution is 2.36. The molecule has 0 aliphatic heterocycles. The van der Waals surface area contributed by atoms with Crippen LogP contribution in [0.4, 0.5) is 4.39 Å². The molecule has 0 heterocycles. The zero-order chi connectivity index (χ0) is 17.2. The van der Waals surface area contributed by atoms with E-state index in [0.717, 1.165) is 12.3 Å². The van der Waals surface area contributed by atoms with Gasteiger partial charge in [-0.05, 0) is 43.2 Å². The highest BCUT2D eigenvalue weighted by Gasteiger charge is 2.27. The Bertz CT molecular complexity index is 451. The van der Waals surface area contributed by atoms with Crippen molar-refractivity contribution in [1.29, 1.82) is 0 Å². The standard InChI is InChI=1S/C22H35FO/c1-3-5-6-7-8-10-18-13-15-19(16-14-18)22(4-2)24-21-12-9-11-20(23)17-21/h9,11-12,17-19,22H,3-8,10,13-16H2,1-2H3/t18-,19-,22?. The minimum atomic E-state index is -0.214. The van der Waals surface area contributed by atoms with Gasteiger partial charge in [-0.15, -0.1) is 0 Å². The summed E-state index contributed by atoms with van der Waals surface area (Å²) in [7, 11) is 0. The van der Waals surface area contributed by atoms with Gasteiger partial charge in [-0.1, -0.05) is 71.3 Å². The fourth-order valence-corrected chi connectivity index (χ4v) is 4.11. The molecule has 2 rings (SSSR count). The maximum Gasteiger partial charge on any atom is 0.126 e. The quantitative estimate of drug-likeness (QED) is 0.413. The smallest absolute Gasteiger partial charge is 0.126 e. The molecule has 1 nitrogen and oxygen atoms in total. The van der Waals surface area contributed by atoms with E-state index in [4.69, 9.17) is 4.74 Å². The number of benzene rings is 1. The molecule has 24 heavy (non-hydrogen) atoms. The van der Waals surface area contributed by atoms with E-state index < -0.39 is 0 Å². The summed E-state index contributed by atoms with van der Waals surface area (Å²) in [5, 5.41) is 0. The van der Waals surface area contributed by atoms with E-state index in [-0.39, 0.29) is 11.9 Å². The molecule has 0 bridgehead atoms. The largest absolute Gasteiger partial charge is 0.490 e. The molecule has 136 valence electrons. The molecule has 2 heteroatoms. The fraction of sp³-hybridized carbons (Fsp3) is 0.727. The lowest BCUT2D eigenvalue weighted by Gasteiger charge is -2.33. The summed E-state index contributed by atoms with van der Waals surface area (Å²) in [6.07, 6.45) is 14.8. The number of rotatable bonds is 10. The number of halogens is 1. The fourth-order valence-electron chi connectivity index (χ4n) is 4.11. The van der Waals surface area contributed by atoms with Crippen molar-refractivity contribution in [1.82, 2.24) is 0 Å². The molecule has 0 saturated heterocycles. The van der Waals surface area contributed by atoms with Gasteiger partial charge >= 0.3 is 0 Å². The van der Waals surface area contributed by atoms with Crippen LogP contribution in [0.5, 0.6) is 5.75 Å². The number of unbranched alkanes of at least 4 members (excludes halogenated alkanes) is 4. The maximum atomic E-state index is 13.3. The monoisotopic (exact) mass is 334 g/mol. The van der Waals surface area contributed by atoms with Crippen LogP contribution in [0, 0.1) is 17.7 Å². The van der Waals surface area contributed by atoms with Gasteiger partial charge < -0.3 is 4.74 Å². The molecule has 1 aromatic carbocycles. The first-order chi connectivity index (χ1) is 11.7. The Morgan fingerprint density at radius 2 is 1.79 bits per heavy atom. The summed E-state index contributed by atoms with van der Waals surface area (Å²) in [5.41, 5.74) is 0. The van der Waals surface area contributed by atoms with Gasteiger partial charge in [-0.3, -0.25) is 0 Å². The Labute approximate surface area is 148 Å². The van der Waals surface area contributed by atoms with Gasteiger partial charge in [-0.25, -0.2) is 4.39 Å². The summed E-state index contributed by atoms with van der Waals surface area (Å²) in [6, 6.07) is 6.57. The van der Waals surface area contributed by atoms with Gasteiger partial charge in [0.2, 0.25) is 0 Å². The minimum Gasteiger partial charge on any atom is -0.490 e. The molecule has 0 spiro atoms. The van der Waals surface area contributed by atoms with Crippen LogP contribution in [0.15, 0.2) is 24.3 Å². The van der Waals surface area contributed by atoms with Crippen molar-refractivity contribution in [2.75, 3.05) is 0 Å². The third-order valence-electron chi connectivity index (χ3n) is 5.62. The summed E-state index contributed by atoms with van der Waals surface area (Å²) in [4.78, 5) is 0. The number of hydrogen-bond acceptors (Lipinski definition) is 1. The lowest BCUT2D eigenvalue weighted by atomic mass is 9.77. The molecular formula is C22H35FO. The maximum absolute atomic E-state index is 13.3. The van der Waals surface area contributed by atoms with Crippen LogP contribution in [0.3, 0.4) is 0 Å². The van der Waals surface area contributed by atoms with Crippen LogP contribution in [0.2, 0.25) is 0 Å². The number of ether oxygens (including phenoxy) is 1. The molecule has 0 amide bonds. The topological polar surface area (TPSA) is 9.23 Å². The van der Waals surface area contributed by atoms with Crippen molar-refractivity contribution in [2.24, 2.45) is 11.8 Å². The van der Waals surface area contributed by atoms with E-state index in [1.807, 2.05) is 6.07 Å². The average Bonchev–Trinajstić information content (AvgIpc) is 2.60. The third-order valence-corrected chi connectivity index (χ3v) is 5.62. The van der Waals surface area contributed by atoms with E-state index in [1.54, 1.807) is 6.07 Å². The Morgan fingerprint density at radius 1 is 1.04 bits per heavy atom. The van der Waals surface area contributed by atoms with Gasteiger partial charge in [0.1, 0.15) is 17.7 Å². The molecule has 1 fully saturated rings. The van der Waals surface area contributed by atoms with E-state index in [9.17, 15) is 4.39 Å². The zero-order valence-electron chi connectivity index (χ0n) is 15.6. The summed E-state index contributed by atoms with van der Waals surface area (Å²) in [6.45, 7) is 4.46. The van der Waals surface area contributed by atoms with Crippen molar-refractivity contribution >= 4 is 0 Å². The van der Waals surface area contributed by atoms with Crippen LogP contribution >= 0.6 is 0 Å². The lowest BCUT2D eigenvalue weighted by Crippen LogP contribution is -2.30. The second kappa shape index (κ2) is 10.7. The molecule has 1 aliphatic rings. The molecule has 1 aliphatic carbocycles. The molecule has 1 atom stereocenters. The molecule has 0 aromatic heterocycles. The van der Waals surface area contributed by atoms with Crippen LogP contribution in [0.25, 0.3) is 0 Å². The van der Waals surface area contributed by atoms with Crippen LogP contribution in [-0.4, -0.2) is 6.10 Å². The Hall–Kier alpha value is -1.05. The molecular weight excluding hydrogens is 299 g/mol. The molecule has 0 N–H and O–H groups in total. The van der Waals surface area contributed by atoms with Crippen molar-refractivity contribution < 1.29 is 9.13 Å². The van der Waals surface area contributed by atoms with Crippen LogP contribution < -0.4 is 4.74 Å². The minimum absolute atomic E-state index is 0.214. The van der Waals surface area contributed by atoms with Crippen LogP contribution in [0.1, 0.15) is 84.5 Å². The first kappa shape index (κ1) is 19.3. The van der Waals surface area contributed by atoms with Crippen LogP contribution in [-0.2, 0) is 0 Å². The van der Waals surface area contributed by atoms with Gasteiger partial charge in [0, 0.05) is 6.07 Å². The first-order valence-electron chi connectivity index (χ1n) is 10.1. The van der Waals surface area contributed by atoms with Crippen molar-refractivity contribution in [3.63, 3.8) is 0 Å². The number of hydrogen-bond donors (Lipinski definition) is 0. The molecule has 1 saturated carbocycles. The Kier molecular flexibility index (Phi) is 8.63. The normalized spacial score (nSPS) is 22.3. The summed E-state index contributed by atoms with van der Waals surface area (Å²) < 4.78 is 19.4. The Balaban J connectivity index is 1.71. The average molecular weight is 335 g/mol. The molecule has 1 unspecified atom stereocenters. The third kappa shape index (κ3) is 6.45. The van der Waals surface area contributed by atoms with Gasteiger partial charge in [0.15, 0.2) is 0 Å². The van der Waals surface area contributed by atoms with E-state index in [0.29, 0.717) is 11.7 Å². The van der Waals surface area contributed by atoms with E-state index in [1.165, 1.54) is 76.3 Å². The second-order valence-corrected chi connectivity index (χ2v) is 7.51. The van der Waals surface area contributed by atoms with Gasteiger partial charge in [0.05, 0.1) is 0 Å². The van der Waals surface area contributed by atoms with E-state index in [2.05, 4.69) is 13.8 Å². The van der Waals surface area contributed by atoms with Crippen molar-refractivity contribution in [3.8, 4) is 5.75 Å². The SMILES string of the molecule is CCCCCCC[C@H]1CC[C@H](C(CC)Oc2cccc(F)c2)CC1. The predicted octanol–water partition coefficient (Wildman–Crippen LogP) is 7.15. The van der Waals surface area contributed by atoms with Gasteiger partial charge in [0.25, 0.3) is 0 Å². The predicted molar refractivity (Wildman–Crippen MR) is 99.9 cm³/mol. The second-order valence-electron chi connectivity index (χ2n) is 7.51. The van der Waals surface area contributed by atoms with Crippen molar-refractivity contribution in [2.45, 2.75) is 90.6 Å². The van der Waals surface area contributed by atoms with Gasteiger partial charge in [-0.2, -0.15) is 0 Å². The van der Waals surface area contributed by atoms with Crippen molar-refractivity contribution in [3.05, 3.63) is 30.1 Å². The molecule has 1 aromatic rings.